The van der Waals surface area contributed by atoms with Crippen molar-refractivity contribution in [2.75, 3.05) is 32.7 Å². The molecule has 0 radical (unpaired) electrons. The van der Waals surface area contributed by atoms with Crippen LogP contribution in [0.3, 0.4) is 0 Å². The standard InChI is InChI=1S/C13H24N2/c1-2-14-8-7-13(9-14)10-15(11-13)12-5-3-4-6-12/h12H,2-11H2,1H3. The highest BCUT2D eigenvalue weighted by Crippen LogP contribution is 2.42. The van der Waals surface area contributed by atoms with Gasteiger partial charge in [0.05, 0.1) is 0 Å². The van der Waals surface area contributed by atoms with Gasteiger partial charge in [0.1, 0.15) is 0 Å². The molecule has 2 nitrogen and oxygen atoms in total. The molecule has 0 amide bonds. The summed E-state index contributed by atoms with van der Waals surface area (Å²) in [5.74, 6) is 0. The van der Waals surface area contributed by atoms with Gasteiger partial charge in [-0.15, -0.1) is 0 Å². The number of likely N-dealkylation sites (tertiary alicyclic amines) is 2. The van der Waals surface area contributed by atoms with Crippen molar-refractivity contribution in [3.05, 3.63) is 0 Å². The average molecular weight is 208 g/mol. The van der Waals surface area contributed by atoms with Gasteiger partial charge < -0.3 is 4.90 Å². The minimum absolute atomic E-state index is 0.721. The van der Waals surface area contributed by atoms with E-state index in [1.54, 1.807) is 0 Å². The molecular formula is C13H24N2. The fraction of sp³-hybridized carbons (Fsp3) is 1.00. The van der Waals surface area contributed by atoms with Gasteiger partial charge in [-0.05, 0) is 32.4 Å². The lowest BCUT2D eigenvalue weighted by molar-refractivity contribution is -0.0220. The van der Waals surface area contributed by atoms with Crippen LogP contribution in [0.15, 0.2) is 0 Å². The molecule has 2 saturated heterocycles. The fourth-order valence-corrected chi connectivity index (χ4v) is 3.90. The molecule has 3 rings (SSSR count). The zero-order chi connectivity index (χ0) is 10.3. The maximum atomic E-state index is 2.77. The van der Waals surface area contributed by atoms with E-state index in [0.717, 1.165) is 11.5 Å². The van der Waals surface area contributed by atoms with E-state index in [1.807, 2.05) is 0 Å². The molecule has 15 heavy (non-hydrogen) atoms. The molecule has 86 valence electrons. The summed E-state index contributed by atoms with van der Waals surface area (Å²) in [5, 5.41) is 0. The van der Waals surface area contributed by atoms with Crippen molar-refractivity contribution < 1.29 is 0 Å². The number of rotatable bonds is 2. The molecule has 3 fully saturated rings. The van der Waals surface area contributed by atoms with Gasteiger partial charge in [0.2, 0.25) is 0 Å². The molecule has 0 aromatic carbocycles. The molecule has 2 heterocycles. The summed E-state index contributed by atoms with van der Waals surface area (Å²) in [7, 11) is 0. The second-order valence-corrected chi connectivity index (χ2v) is 5.96. The first-order chi connectivity index (χ1) is 7.31. The van der Waals surface area contributed by atoms with Gasteiger partial charge in [0, 0.05) is 31.1 Å². The van der Waals surface area contributed by atoms with Crippen molar-refractivity contribution in [3.8, 4) is 0 Å². The minimum Gasteiger partial charge on any atom is -0.303 e. The predicted octanol–water partition coefficient (Wildman–Crippen LogP) is 1.96. The van der Waals surface area contributed by atoms with Crippen LogP contribution < -0.4 is 0 Å². The summed E-state index contributed by atoms with van der Waals surface area (Å²) in [6, 6.07) is 0.964. The first-order valence-electron chi connectivity index (χ1n) is 6.78. The van der Waals surface area contributed by atoms with Crippen molar-refractivity contribution in [3.63, 3.8) is 0 Å². The monoisotopic (exact) mass is 208 g/mol. The van der Waals surface area contributed by atoms with Crippen LogP contribution in [0.4, 0.5) is 0 Å². The van der Waals surface area contributed by atoms with Crippen molar-refractivity contribution in [2.45, 2.75) is 45.1 Å². The van der Waals surface area contributed by atoms with Crippen LogP contribution in [0, 0.1) is 5.41 Å². The lowest BCUT2D eigenvalue weighted by Gasteiger charge is -2.51. The topological polar surface area (TPSA) is 6.48 Å². The van der Waals surface area contributed by atoms with E-state index in [0.29, 0.717) is 0 Å². The van der Waals surface area contributed by atoms with Gasteiger partial charge in [-0.2, -0.15) is 0 Å². The zero-order valence-corrected chi connectivity index (χ0v) is 10.0. The number of nitrogens with zero attached hydrogens (tertiary/aromatic N) is 2. The summed E-state index contributed by atoms with van der Waals surface area (Å²) >= 11 is 0. The molecule has 0 bridgehead atoms. The van der Waals surface area contributed by atoms with Gasteiger partial charge in [-0.25, -0.2) is 0 Å². The number of hydrogen-bond donors (Lipinski definition) is 0. The Bertz CT molecular complexity index is 227. The van der Waals surface area contributed by atoms with E-state index in [1.165, 1.54) is 64.8 Å². The summed E-state index contributed by atoms with van der Waals surface area (Å²) < 4.78 is 0. The maximum Gasteiger partial charge on any atom is 0.00971 e. The zero-order valence-electron chi connectivity index (χ0n) is 10.0. The first kappa shape index (κ1) is 10.1. The third kappa shape index (κ3) is 1.72. The van der Waals surface area contributed by atoms with E-state index in [-0.39, 0.29) is 0 Å². The van der Waals surface area contributed by atoms with Gasteiger partial charge in [-0.1, -0.05) is 19.8 Å². The Balaban J connectivity index is 1.52. The van der Waals surface area contributed by atoms with E-state index in [9.17, 15) is 0 Å². The van der Waals surface area contributed by atoms with E-state index < -0.39 is 0 Å². The second kappa shape index (κ2) is 3.74. The third-order valence-electron chi connectivity index (χ3n) is 4.88. The van der Waals surface area contributed by atoms with Crippen LogP contribution in [0.1, 0.15) is 39.0 Å². The lowest BCUT2D eigenvalue weighted by Crippen LogP contribution is -2.60. The minimum atomic E-state index is 0.721. The quantitative estimate of drug-likeness (QED) is 0.684. The molecule has 0 aromatic heterocycles. The van der Waals surface area contributed by atoms with Crippen LogP contribution in [0.25, 0.3) is 0 Å². The SMILES string of the molecule is CCN1CCC2(C1)CN(C1CCCC1)C2. The van der Waals surface area contributed by atoms with Gasteiger partial charge in [0.25, 0.3) is 0 Å². The Morgan fingerprint density at radius 3 is 2.47 bits per heavy atom. The fourth-order valence-electron chi connectivity index (χ4n) is 3.90. The Morgan fingerprint density at radius 1 is 1.13 bits per heavy atom. The van der Waals surface area contributed by atoms with E-state index in [2.05, 4.69) is 16.7 Å². The van der Waals surface area contributed by atoms with Gasteiger partial charge >= 0.3 is 0 Å². The molecule has 1 saturated carbocycles. The van der Waals surface area contributed by atoms with E-state index >= 15 is 0 Å². The van der Waals surface area contributed by atoms with Crippen molar-refractivity contribution in [2.24, 2.45) is 5.41 Å². The Labute approximate surface area is 93.6 Å². The Hall–Kier alpha value is -0.0800. The van der Waals surface area contributed by atoms with E-state index in [4.69, 9.17) is 0 Å². The average Bonchev–Trinajstić information content (AvgIpc) is 2.84. The smallest absolute Gasteiger partial charge is 0.00971 e. The molecule has 1 aliphatic carbocycles. The van der Waals surface area contributed by atoms with Gasteiger partial charge in [0.15, 0.2) is 0 Å². The molecular weight excluding hydrogens is 184 g/mol. The second-order valence-electron chi connectivity index (χ2n) is 5.96. The van der Waals surface area contributed by atoms with Crippen molar-refractivity contribution >= 4 is 0 Å². The van der Waals surface area contributed by atoms with Crippen LogP contribution in [0.5, 0.6) is 0 Å². The normalized spacial score (nSPS) is 32.6. The third-order valence-corrected chi connectivity index (χ3v) is 4.88. The lowest BCUT2D eigenvalue weighted by atomic mass is 9.78. The first-order valence-corrected chi connectivity index (χ1v) is 6.78. The predicted molar refractivity (Wildman–Crippen MR) is 63.0 cm³/mol. The number of hydrogen-bond acceptors (Lipinski definition) is 2. The molecule has 2 heteroatoms. The Morgan fingerprint density at radius 2 is 1.87 bits per heavy atom. The highest BCUT2D eigenvalue weighted by Gasteiger charge is 2.48. The summed E-state index contributed by atoms with van der Waals surface area (Å²) in [6.07, 6.45) is 7.38. The van der Waals surface area contributed by atoms with Crippen molar-refractivity contribution in [1.29, 1.82) is 0 Å². The Kier molecular flexibility index (Phi) is 2.52. The molecule has 0 unspecified atom stereocenters. The van der Waals surface area contributed by atoms with Crippen LogP contribution in [0.2, 0.25) is 0 Å². The largest absolute Gasteiger partial charge is 0.303 e. The van der Waals surface area contributed by atoms with Crippen LogP contribution in [-0.4, -0.2) is 48.6 Å². The summed E-state index contributed by atoms with van der Waals surface area (Å²) in [6.45, 7) is 9.11. The van der Waals surface area contributed by atoms with Gasteiger partial charge in [-0.3, -0.25) is 4.90 Å². The van der Waals surface area contributed by atoms with Crippen molar-refractivity contribution in [1.82, 2.24) is 9.80 Å². The summed E-state index contributed by atoms with van der Waals surface area (Å²) in [4.78, 5) is 5.40. The maximum absolute atomic E-state index is 2.77. The molecule has 0 atom stereocenters. The molecule has 2 aliphatic heterocycles. The molecule has 1 spiro atoms. The van der Waals surface area contributed by atoms with Crippen LogP contribution in [-0.2, 0) is 0 Å². The van der Waals surface area contributed by atoms with Crippen LogP contribution >= 0.6 is 0 Å². The molecule has 0 N–H and O–H groups in total. The highest BCUT2D eigenvalue weighted by molar-refractivity contribution is 5.03. The highest BCUT2D eigenvalue weighted by atomic mass is 15.3. The summed E-state index contributed by atoms with van der Waals surface area (Å²) in [5.41, 5.74) is 0.721. The molecule has 3 aliphatic rings. The molecule has 0 aromatic rings.